The van der Waals surface area contributed by atoms with Gasteiger partial charge < -0.3 is 4.90 Å². The Hall–Kier alpha value is -4.28. The maximum Gasteiger partial charge on any atom is 0.185 e. The molecule has 0 bridgehead atoms. The molecule has 1 spiro atoms. The molecule has 0 amide bonds. The van der Waals surface area contributed by atoms with Gasteiger partial charge >= 0.3 is 0 Å². The number of nitrogens with zero attached hydrogens (tertiary/aromatic N) is 1. The van der Waals surface area contributed by atoms with Gasteiger partial charge in [-0.1, -0.05) is 116 Å². The molecule has 0 saturated carbocycles. The van der Waals surface area contributed by atoms with Crippen LogP contribution in [0.1, 0.15) is 67.5 Å². The van der Waals surface area contributed by atoms with Gasteiger partial charge in [0.25, 0.3) is 0 Å². The summed E-state index contributed by atoms with van der Waals surface area (Å²) in [6.45, 7) is 4.34. The van der Waals surface area contributed by atoms with Crippen molar-refractivity contribution in [1.29, 1.82) is 0 Å². The normalized spacial score (nSPS) is 21.5. The summed E-state index contributed by atoms with van der Waals surface area (Å²) in [6.07, 6.45) is 4.85. The van der Waals surface area contributed by atoms with Gasteiger partial charge in [-0.2, -0.15) is 0 Å². The van der Waals surface area contributed by atoms with E-state index in [1.54, 1.807) is 36.4 Å². The van der Waals surface area contributed by atoms with Gasteiger partial charge in [-0.25, -0.2) is 0 Å². The van der Waals surface area contributed by atoms with E-state index in [1.807, 2.05) is 77.7 Å². The molecular formula is C37H30ClNO3. The number of halogens is 1. The fraction of sp³-hybridized carbons (Fsp3) is 0.216. The Bertz CT molecular complexity index is 1730. The minimum absolute atomic E-state index is 0.116. The van der Waals surface area contributed by atoms with Gasteiger partial charge in [0.2, 0.25) is 0 Å². The van der Waals surface area contributed by atoms with Gasteiger partial charge in [-0.05, 0) is 47.2 Å². The molecule has 4 aromatic carbocycles. The number of hydrogen-bond donors (Lipinski definition) is 0. The van der Waals surface area contributed by atoms with Crippen LogP contribution in [-0.2, 0) is 6.42 Å². The lowest BCUT2D eigenvalue weighted by Crippen LogP contribution is -2.48. The molecule has 0 N–H and O–H groups in total. The number of para-hydroxylation sites is 1. The van der Waals surface area contributed by atoms with E-state index < -0.39 is 23.4 Å². The molecule has 2 heterocycles. The first-order chi connectivity index (χ1) is 20.3. The third kappa shape index (κ3) is 3.78. The van der Waals surface area contributed by atoms with Crippen molar-refractivity contribution in [2.24, 2.45) is 11.3 Å². The molecule has 7 rings (SSSR count). The average Bonchev–Trinajstić information content (AvgIpc) is 3.43. The third-order valence-electron chi connectivity index (χ3n) is 9.09. The Labute approximate surface area is 250 Å². The fourth-order valence-electron chi connectivity index (χ4n) is 7.41. The molecule has 4 nitrogen and oxygen atoms in total. The summed E-state index contributed by atoms with van der Waals surface area (Å²) < 4.78 is 0. The van der Waals surface area contributed by atoms with E-state index in [1.165, 1.54) is 5.56 Å². The van der Waals surface area contributed by atoms with E-state index in [9.17, 15) is 14.4 Å². The zero-order valence-electron chi connectivity index (χ0n) is 23.5. The molecule has 208 valence electrons. The van der Waals surface area contributed by atoms with E-state index >= 15 is 0 Å². The largest absolute Gasteiger partial charge is 0.352 e. The summed E-state index contributed by atoms with van der Waals surface area (Å²) in [7, 11) is 0. The zero-order chi connectivity index (χ0) is 29.2. The van der Waals surface area contributed by atoms with Crippen LogP contribution in [0.25, 0.3) is 6.08 Å². The Morgan fingerprint density at radius 1 is 0.833 bits per heavy atom. The lowest BCUT2D eigenvalue weighted by atomic mass is 9.64. The SMILES string of the molecule is CC(C)Cc1ccc(C(=O)[C@@H]2[C@@H](c3ccc(Cl)cc3)C3(C(=O)c4ccccc4C3=O)[C@@H]3C=Cc4ccccc4N23)cc1. The molecule has 0 radical (unpaired) electrons. The lowest BCUT2D eigenvalue weighted by molar-refractivity contribution is 0.0666. The highest BCUT2D eigenvalue weighted by Crippen LogP contribution is 2.61. The van der Waals surface area contributed by atoms with Crippen molar-refractivity contribution in [2.45, 2.75) is 38.3 Å². The maximum atomic E-state index is 14.8. The van der Waals surface area contributed by atoms with Crippen molar-refractivity contribution in [3.8, 4) is 0 Å². The predicted octanol–water partition coefficient (Wildman–Crippen LogP) is 7.85. The first kappa shape index (κ1) is 26.6. The molecule has 0 aromatic heterocycles. The monoisotopic (exact) mass is 571 g/mol. The van der Waals surface area contributed by atoms with Gasteiger partial charge in [0.05, 0.1) is 6.04 Å². The summed E-state index contributed by atoms with van der Waals surface area (Å²) in [4.78, 5) is 46.2. The quantitative estimate of drug-likeness (QED) is 0.181. The van der Waals surface area contributed by atoms with Crippen LogP contribution in [-0.4, -0.2) is 29.4 Å². The minimum Gasteiger partial charge on any atom is -0.352 e. The molecule has 1 aliphatic carbocycles. The van der Waals surface area contributed by atoms with Gasteiger partial charge in [0.1, 0.15) is 11.5 Å². The van der Waals surface area contributed by atoms with E-state index in [-0.39, 0.29) is 17.3 Å². The van der Waals surface area contributed by atoms with Crippen LogP contribution in [0.4, 0.5) is 5.69 Å². The summed E-state index contributed by atoms with van der Waals surface area (Å²) in [5, 5.41) is 0.546. The molecule has 42 heavy (non-hydrogen) atoms. The van der Waals surface area contributed by atoms with Crippen molar-refractivity contribution >= 4 is 40.7 Å². The number of benzene rings is 4. The van der Waals surface area contributed by atoms with Crippen LogP contribution in [0.3, 0.4) is 0 Å². The van der Waals surface area contributed by atoms with Gasteiger partial charge in [-0.3, -0.25) is 14.4 Å². The van der Waals surface area contributed by atoms with Crippen LogP contribution in [0.2, 0.25) is 5.02 Å². The number of anilines is 1. The van der Waals surface area contributed by atoms with Crippen molar-refractivity contribution in [3.05, 3.63) is 142 Å². The number of rotatable bonds is 5. The topological polar surface area (TPSA) is 54.5 Å². The molecule has 1 fully saturated rings. The first-order valence-electron chi connectivity index (χ1n) is 14.4. The van der Waals surface area contributed by atoms with Gasteiger partial charge in [0.15, 0.2) is 17.3 Å². The second-order valence-corrected chi connectivity index (χ2v) is 12.4. The molecule has 4 aromatic rings. The van der Waals surface area contributed by atoms with E-state index in [0.29, 0.717) is 27.6 Å². The van der Waals surface area contributed by atoms with Crippen molar-refractivity contribution < 1.29 is 14.4 Å². The highest BCUT2D eigenvalue weighted by atomic mass is 35.5. The van der Waals surface area contributed by atoms with Crippen molar-refractivity contribution in [2.75, 3.05) is 4.90 Å². The van der Waals surface area contributed by atoms with Crippen LogP contribution in [0.5, 0.6) is 0 Å². The van der Waals surface area contributed by atoms with E-state index in [4.69, 9.17) is 11.6 Å². The van der Waals surface area contributed by atoms with Crippen LogP contribution >= 0.6 is 11.6 Å². The predicted molar refractivity (Wildman–Crippen MR) is 167 cm³/mol. The molecule has 3 atom stereocenters. The Balaban J connectivity index is 1.48. The standard InChI is InChI=1S/C37H30ClNO3/c1-22(2)21-23-11-13-26(14-12-23)34(40)33-32(25-15-18-27(38)19-16-25)37(35(41)28-8-4-5-9-29(28)36(37)42)31-20-17-24-7-3-6-10-30(24)39(31)33/h3-20,22,31-33H,21H2,1-2H3/t31-,32+,33-/m0/s1. The number of carbonyl (C=O) groups is 3. The molecule has 2 aliphatic heterocycles. The second-order valence-electron chi connectivity index (χ2n) is 12.0. The average molecular weight is 572 g/mol. The second kappa shape index (κ2) is 9.92. The van der Waals surface area contributed by atoms with Crippen molar-refractivity contribution in [3.63, 3.8) is 0 Å². The highest BCUT2D eigenvalue weighted by molar-refractivity contribution is 6.32. The molecular weight excluding hydrogens is 542 g/mol. The van der Waals surface area contributed by atoms with Crippen LogP contribution in [0.15, 0.2) is 103 Å². The number of fused-ring (bicyclic) bond motifs is 5. The Kier molecular flexibility index (Phi) is 6.29. The van der Waals surface area contributed by atoms with Crippen molar-refractivity contribution in [1.82, 2.24) is 0 Å². The summed E-state index contributed by atoms with van der Waals surface area (Å²) in [5.41, 5.74) is 3.57. The Morgan fingerprint density at radius 2 is 1.45 bits per heavy atom. The highest BCUT2D eigenvalue weighted by Gasteiger charge is 2.71. The fourth-order valence-corrected chi connectivity index (χ4v) is 7.53. The number of carbonyl (C=O) groups excluding carboxylic acids is 3. The number of Topliss-reactive ketones (excluding diaryl/α,β-unsaturated/α-hetero) is 3. The minimum atomic E-state index is -1.51. The summed E-state index contributed by atoms with van der Waals surface area (Å²) >= 11 is 6.31. The first-order valence-corrected chi connectivity index (χ1v) is 14.8. The van der Waals surface area contributed by atoms with Gasteiger partial charge in [0, 0.05) is 33.3 Å². The summed E-state index contributed by atoms with van der Waals surface area (Å²) in [5.74, 6) is -0.830. The van der Waals surface area contributed by atoms with Crippen LogP contribution in [0, 0.1) is 11.3 Å². The number of ketones is 3. The molecule has 5 heteroatoms. The van der Waals surface area contributed by atoms with Crippen LogP contribution < -0.4 is 4.90 Å². The molecule has 3 aliphatic rings. The molecule has 0 unspecified atom stereocenters. The summed E-state index contributed by atoms with van der Waals surface area (Å²) in [6, 6.07) is 28.5. The number of hydrogen-bond acceptors (Lipinski definition) is 4. The molecule has 1 saturated heterocycles. The lowest BCUT2D eigenvalue weighted by Gasteiger charge is -2.37. The smallest absolute Gasteiger partial charge is 0.185 e. The maximum absolute atomic E-state index is 14.8. The van der Waals surface area contributed by atoms with E-state index in [2.05, 4.69) is 13.8 Å². The Morgan fingerprint density at radius 3 is 2.10 bits per heavy atom. The van der Waals surface area contributed by atoms with E-state index in [0.717, 1.165) is 23.2 Å². The zero-order valence-corrected chi connectivity index (χ0v) is 24.2. The third-order valence-corrected chi connectivity index (χ3v) is 9.35. The van der Waals surface area contributed by atoms with Gasteiger partial charge in [-0.15, -0.1) is 0 Å².